The fourth-order valence-corrected chi connectivity index (χ4v) is 3.55. The lowest BCUT2D eigenvalue weighted by Gasteiger charge is -2.11. The number of hydrogen-bond acceptors (Lipinski definition) is 7. The molecule has 20 heavy (non-hydrogen) atoms. The highest BCUT2D eigenvalue weighted by Crippen LogP contribution is 2.27. The van der Waals surface area contributed by atoms with Crippen molar-refractivity contribution in [2.45, 2.75) is 11.4 Å². The zero-order chi connectivity index (χ0) is 14.6. The van der Waals surface area contributed by atoms with E-state index in [0.717, 1.165) is 16.9 Å². The van der Waals surface area contributed by atoms with Crippen molar-refractivity contribution in [1.82, 2.24) is 15.5 Å². The van der Waals surface area contributed by atoms with Gasteiger partial charge in [-0.25, -0.2) is 8.42 Å². The van der Waals surface area contributed by atoms with Crippen LogP contribution in [0.1, 0.15) is 5.56 Å². The molecule has 1 aromatic carbocycles. The molecule has 1 aromatic heterocycles. The van der Waals surface area contributed by atoms with Crippen LogP contribution in [0, 0.1) is 0 Å². The van der Waals surface area contributed by atoms with Gasteiger partial charge in [-0.2, -0.15) is 0 Å². The molecule has 0 saturated heterocycles. The van der Waals surface area contributed by atoms with Gasteiger partial charge in [-0.15, -0.1) is 10.2 Å². The van der Waals surface area contributed by atoms with Gasteiger partial charge in [0.2, 0.25) is 5.13 Å². The van der Waals surface area contributed by atoms with Gasteiger partial charge in [-0.05, 0) is 24.7 Å². The summed E-state index contributed by atoms with van der Waals surface area (Å²) in [5.74, 6) is 0.280. The molecule has 0 aliphatic rings. The number of aromatic nitrogens is 2. The third-order valence-electron chi connectivity index (χ3n) is 2.48. The van der Waals surface area contributed by atoms with Gasteiger partial charge in [0.1, 0.15) is 16.2 Å². The van der Waals surface area contributed by atoms with Crippen molar-refractivity contribution in [3.8, 4) is 5.75 Å². The first-order valence-electron chi connectivity index (χ1n) is 5.67. The summed E-state index contributed by atoms with van der Waals surface area (Å²) >= 11 is 1.11. The molecule has 0 fully saturated rings. The molecule has 0 amide bonds. The Morgan fingerprint density at radius 2 is 2.20 bits per heavy atom. The largest absolute Gasteiger partial charge is 0.495 e. The van der Waals surface area contributed by atoms with E-state index in [2.05, 4.69) is 20.2 Å². The molecule has 108 valence electrons. The SMILES string of the molecule is CNCc1ccc(OC)c(S(=O)(=O)Nc2nncs2)c1. The summed E-state index contributed by atoms with van der Waals surface area (Å²) in [6.45, 7) is 0.561. The minimum absolute atomic E-state index is 0.0722. The molecule has 0 atom stereocenters. The van der Waals surface area contributed by atoms with Crippen LogP contribution in [0.25, 0.3) is 0 Å². The maximum absolute atomic E-state index is 12.4. The lowest BCUT2D eigenvalue weighted by molar-refractivity contribution is 0.402. The van der Waals surface area contributed by atoms with Gasteiger partial charge in [-0.3, -0.25) is 4.72 Å². The van der Waals surface area contributed by atoms with Crippen LogP contribution >= 0.6 is 11.3 Å². The number of nitrogens with one attached hydrogen (secondary N) is 2. The molecule has 2 N–H and O–H groups in total. The van der Waals surface area contributed by atoms with Crippen LogP contribution in [0.2, 0.25) is 0 Å². The van der Waals surface area contributed by atoms with Crippen molar-refractivity contribution in [1.29, 1.82) is 0 Å². The molecule has 9 heteroatoms. The first-order valence-corrected chi connectivity index (χ1v) is 8.03. The first kappa shape index (κ1) is 14.7. The van der Waals surface area contributed by atoms with E-state index < -0.39 is 10.0 Å². The Balaban J connectivity index is 2.40. The zero-order valence-electron chi connectivity index (χ0n) is 11.0. The summed E-state index contributed by atoms with van der Waals surface area (Å²) in [7, 11) is -0.544. The number of rotatable bonds is 6. The van der Waals surface area contributed by atoms with Crippen LogP contribution in [0.5, 0.6) is 5.75 Å². The van der Waals surface area contributed by atoms with E-state index in [1.54, 1.807) is 25.2 Å². The molecule has 0 saturated carbocycles. The van der Waals surface area contributed by atoms with Crippen molar-refractivity contribution in [3.05, 3.63) is 29.3 Å². The molecule has 2 rings (SSSR count). The quantitative estimate of drug-likeness (QED) is 0.828. The molecule has 1 heterocycles. The standard InChI is InChI=1S/C11H14N4O3S2/c1-12-6-8-3-4-9(18-2)10(5-8)20(16,17)15-11-14-13-7-19-11/h3-5,7,12H,6H2,1-2H3,(H,14,15). The molecule has 2 aromatic rings. The van der Waals surface area contributed by atoms with Gasteiger partial charge < -0.3 is 10.1 Å². The second-order valence-electron chi connectivity index (χ2n) is 3.86. The molecular weight excluding hydrogens is 300 g/mol. The predicted octanol–water partition coefficient (Wildman–Crippen LogP) is 1.07. The van der Waals surface area contributed by atoms with Gasteiger partial charge in [0.05, 0.1) is 7.11 Å². The Morgan fingerprint density at radius 1 is 1.40 bits per heavy atom. The highest BCUT2D eigenvalue weighted by molar-refractivity contribution is 7.93. The van der Waals surface area contributed by atoms with E-state index in [0.29, 0.717) is 6.54 Å². The van der Waals surface area contributed by atoms with Crippen LogP contribution < -0.4 is 14.8 Å². The van der Waals surface area contributed by atoms with Gasteiger partial charge >= 0.3 is 0 Å². The van der Waals surface area contributed by atoms with Gasteiger partial charge in [0, 0.05) is 6.54 Å². The summed E-state index contributed by atoms with van der Waals surface area (Å²) < 4.78 is 32.2. The van der Waals surface area contributed by atoms with E-state index in [1.165, 1.54) is 12.6 Å². The average Bonchev–Trinajstić information content (AvgIpc) is 2.91. The molecule has 0 radical (unpaired) electrons. The van der Waals surface area contributed by atoms with Crippen LogP contribution in [0.3, 0.4) is 0 Å². The van der Waals surface area contributed by atoms with E-state index >= 15 is 0 Å². The fourth-order valence-electron chi connectivity index (χ4n) is 1.63. The number of nitrogens with zero attached hydrogens (tertiary/aromatic N) is 2. The molecule has 0 unspecified atom stereocenters. The van der Waals surface area contributed by atoms with Crippen LogP contribution in [0.15, 0.2) is 28.6 Å². The fraction of sp³-hybridized carbons (Fsp3) is 0.273. The second kappa shape index (κ2) is 6.16. The van der Waals surface area contributed by atoms with Crippen LogP contribution in [-0.2, 0) is 16.6 Å². The third kappa shape index (κ3) is 3.24. The summed E-state index contributed by atoms with van der Waals surface area (Å²) in [6, 6.07) is 5.00. The summed E-state index contributed by atoms with van der Waals surface area (Å²) in [5, 5.41) is 10.4. The highest BCUT2D eigenvalue weighted by Gasteiger charge is 2.21. The van der Waals surface area contributed by atoms with Crippen molar-refractivity contribution >= 4 is 26.5 Å². The van der Waals surface area contributed by atoms with Gasteiger partial charge in [-0.1, -0.05) is 17.4 Å². The molecule has 7 nitrogen and oxygen atoms in total. The number of ether oxygens (including phenoxy) is 1. The van der Waals surface area contributed by atoms with Crippen molar-refractivity contribution < 1.29 is 13.2 Å². The smallest absolute Gasteiger partial charge is 0.267 e. The van der Waals surface area contributed by atoms with Crippen LogP contribution in [-0.4, -0.2) is 32.8 Å². The van der Waals surface area contributed by atoms with E-state index in [9.17, 15) is 8.42 Å². The monoisotopic (exact) mass is 314 g/mol. The number of sulfonamides is 1. The van der Waals surface area contributed by atoms with Crippen LogP contribution in [0.4, 0.5) is 5.13 Å². The minimum Gasteiger partial charge on any atom is -0.495 e. The van der Waals surface area contributed by atoms with E-state index in [1.807, 2.05) is 0 Å². The number of anilines is 1. The molecule has 0 spiro atoms. The summed E-state index contributed by atoms with van der Waals surface area (Å²) in [6.07, 6.45) is 0. The number of benzene rings is 1. The normalized spacial score (nSPS) is 11.3. The predicted molar refractivity (Wildman–Crippen MR) is 76.5 cm³/mol. The maximum atomic E-state index is 12.4. The molecule has 0 aliphatic heterocycles. The topological polar surface area (TPSA) is 93.2 Å². The summed E-state index contributed by atoms with van der Waals surface area (Å²) in [4.78, 5) is 0.0722. The van der Waals surface area contributed by atoms with Gasteiger partial charge in [0.25, 0.3) is 10.0 Å². The van der Waals surface area contributed by atoms with Crippen molar-refractivity contribution in [2.24, 2.45) is 0 Å². The molecular formula is C11H14N4O3S2. The molecule has 0 bridgehead atoms. The second-order valence-corrected chi connectivity index (χ2v) is 6.35. The average molecular weight is 314 g/mol. The van der Waals surface area contributed by atoms with E-state index in [4.69, 9.17) is 4.74 Å². The van der Waals surface area contributed by atoms with E-state index in [-0.39, 0.29) is 15.8 Å². The van der Waals surface area contributed by atoms with Crippen molar-refractivity contribution in [2.75, 3.05) is 18.9 Å². The number of hydrogen-bond donors (Lipinski definition) is 2. The highest BCUT2D eigenvalue weighted by atomic mass is 32.2. The summed E-state index contributed by atoms with van der Waals surface area (Å²) in [5.41, 5.74) is 2.29. The lowest BCUT2D eigenvalue weighted by Crippen LogP contribution is -2.15. The first-order chi connectivity index (χ1) is 9.56. The Morgan fingerprint density at radius 3 is 2.80 bits per heavy atom. The third-order valence-corrected chi connectivity index (χ3v) is 4.58. The Bertz CT molecular complexity index is 671. The van der Waals surface area contributed by atoms with Crippen molar-refractivity contribution in [3.63, 3.8) is 0 Å². The number of methoxy groups -OCH3 is 1. The maximum Gasteiger partial charge on any atom is 0.267 e. The Labute approximate surface area is 121 Å². The Hall–Kier alpha value is -1.71. The minimum atomic E-state index is -3.76. The zero-order valence-corrected chi connectivity index (χ0v) is 12.6. The lowest BCUT2D eigenvalue weighted by atomic mass is 10.2. The Kier molecular flexibility index (Phi) is 4.53. The van der Waals surface area contributed by atoms with Gasteiger partial charge in [0.15, 0.2) is 0 Å². The molecule has 0 aliphatic carbocycles.